The first-order chi connectivity index (χ1) is 14.8. The summed E-state index contributed by atoms with van der Waals surface area (Å²) in [5.74, 6) is -0.0857. The third-order valence-corrected chi connectivity index (χ3v) is 5.85. The molecule has 1 aromatic carbocycles. The Bertz CT molecular complexity index is 1090. The molecule has 0 radical (unpaired) electrons. The highest BCUT2D eigenvalue weighted by Gasteiger charge is 2.24. The molecule has 1 aliphatic rings. The van der Waals surface area contributed by atoms with E-state index in [1.165, 1.54) is 16.3 Å². The molecular formula is C22H24ClF2N5O. The summed E-state index contributed by atoms with van der Waals surface area (Å²) in [7, 11) is 0. The number of pyridine rings is 1. The molecule has 3 aromatic rings. The lowest BCUT2D eigenvalue weighted by Gasteiger charge is -2.34. The van der Waals surface area contributed by atoms with Gasteiger partial charge < -0.3 is 4.90 Å². The molecule has 0 spiro atoms. The summed E-state index contributed by atoms with van der Waals surface area (Å²) in [4.78, 5) is 21.4. The number of benzene rings is 1. The van der Waals surface area contributed by atoms with Crippen LogP contribution in [0.1, 0.15) is 28.9 Å². The van der Waals surface area contributed by atoms with Crippen LogP contribution in [0, 0.1) is 13.8 Å². The molecule has 0 saturated carbocycles. The van der Waals surface area contributed by atoms with Gasteiger partial charge in [0.2, 0.25) is 5.91 Å². The van der Waals surface area contributed by atoms with Crippen molar-refractivity contribution in [3.8, 4) is 0 Å². The largest absolute Gasteiger partial charge is 0.339 e. The van der Waals surface area contributed by atoms with E-state index in [1.807, 2.05) is 24.3 Å². The Kier molecular flexibility index (Phi) is 6.20. The summed E-state index contributed by atoms with van der Waals surface area (Å²) < 4.78 is 28.4. The number of nitrogens with zero attached hydrogens (tertiary/aromatic N) is 5. The molecule has 3 heterocycles. The van der Waals surface area contributed by atoms with Crippen LogP contribution in [0.4, 0.5) is 8.78 Å². The summed E-state index contributed by atoms with van der Waals surface area (Å²) in [6.45, 7) is 6.88. The summed E-state index contributed by atoms with van der Waals surface area (Å²) in [6, 6.07) is 9.15. The molecule has 1 saturated heterocycles. The molecule has 164 valence electrons. The van der Waals surface area contributed by atoms with Crippen molar-refractivity contribution >= 4 is 28.5 Å². The van der Waals surface area contributed by atoms with Crippen molar-refractivity contribution in [3.63, 3.8) is 0 Å². The molecule has 9 heteroatoms. The number of carbonyl (C=O) groups excluding carboxylic acids is 1. The minimum absolute atomic E-state index is 0.0132. The lowest BCUT2D eigenvalue weighted by Crippen LogP contribution is -2.49. The highest BCUT2D eigenvalue weighted by molar-refractivity contribution is 6.30. The standard InChI is InChI=1S/C22H24ClF2N5O/c1-14-11-18(21(24)25)20-15(2)27-30(22(20)26-14)13-19(31)29-9-7-28(8-10-29)12-16-3-5-17(23)6-4-16/h3-6,11,21H,7-10,12-13H2,1-2H3. The van der Waals surface area contributed by atoms with E-state index in [0.717, 1.165) is 19.6 Å². The minimum Gasteiger partial charge on any atom is -0.339 e. The molecule has 0 aliphatic carbocycles. The van der Waals surface area contributed by atoms with E-state index in [9.17, 15) is 13.6 Å². The molecule has 1 amide bonds. The molecular weight excluding hydrogens is 424 g/mol. The Morgan fingerprint density at radius 1 is 1.13 bits per heavy atom. The fourth-order valence-corrected chi connectivity index (χ4v) is 4.16. The zero-order valence-corrected chi connectivity index (χ0v) is 18.2. The third kappa shape index (κ3) is 4.70. The Morgan fingerprint density at radius 3 is 2.45 bits per heavy atom. The van der Waals surface area contributed by atoms with Gasteiger partial charge in [0.15, 0.2) is 5.65 Å². The normalized spacial score (nSPS) is 15.2. The van der Waals surface area contributed by atoms with Gasteiger partial charge in [-0.25, -0.2) is 18.4 Å². The Labute approximate surface area is 184 Å². The van der Waals surface area contributed by atoms with Crippen LogP contribution in [-0.4, -0.2) is 56.7 Å². The number of fused-ring (bicyclic) bond motifs is 1. The van der Waals surface area contributed by atoms with Crippen LogP contribution < -0.4 is 0 Å². The van der Waals surface area contributed by atoms with Crippen LogP contribution in [0.2, 0.25) is 5.02 Å². The van der Waals surface area contributed by atoms with Crippen molar-refractivity contribution in [2.24, 2.45) is 0 Å². The van der Waals surface area contributed by atoms with Crippen LogP contribution >= 0.6 is 11.6 Å². The first-order valence-electron chi connectivity index (χ1n) is 10.2. The van der Waals surface area contributed by atoms with Gasteiger partial charge in [-0.15, -0.1) is 0 Å². The minimum atomic E-state index is -2.62. The summed E-state index contributed by atoms with van der Waals surface area (Å²) in [5, 5.41) is 5.39. The maximum Gasteiger partial charge on any atom is 0.264 e. The average molecular weight is 448 g/mol. The predicted octanol–water partition coefficient (Wildman–Crippen LogP) is 3.98. The molecule has 0 atom stereocenters. The van der Waals surface area contributed by atoms with Gasteiger partial charge in [0, 0.05) is 49.0 Å². The zero-order chi connectivity index (χ0) is 22.1. The topological polar surface area (TPSA) is 54.3 Å². The first-order valence-corrected chi connectivity index (χ1v) is 10.6. The van der Waals surface area contributed by atoms with E-state index in [2.05, 4.69) is 15.0 Å². The second-order valence-corrected chi connectivity index (χ2v) is 8.32. The molecule has 1 fully saturated rings. The number of hydrogen-bond acceptors (Lipinski definition) is 4. The van der Waals surface area contributed by atoms with Crippen LogP contribution in [-0.2, 0) is 17.9 Å². The second-order valence-electron chi connectivity index (χ2n) is 7.88. The van der Waals surface area contributed by atoms with Crippen molar-refractivity contribution < 1.29 is 13.6 Å². The molecule has 0 unspecified atom stereocenters. The number of aryl methyl sites for hydroxylation is 2. The van der Waals surface area contributed by atoms with Crippen molar-refractivity contribution in [3.05, 3.63) is 57.9 Å². The van der Waals surface area contributed by atoms with E-state index in [-0.39, 0.29) is 18.0 Å². The number of hydrogen-bond donors (Lipinski definition) is 0. The molecule has 31 heavy (non-hydrogen) atoms. The van der Waals surface area contributed by atoms with Crippen molar-refractivity contribution in [2.75, 3.05) is 26.2 Å². The zero-order valence-electron chi connectivity index (χ0n) is 17.5. The van der Waals surface area contributed by atoms with Gasteiger partial charge in [0.1, 0.15) is 6.54 Å². The molecule has 4 rings (SSSR count). The smallest absolute Gasteiger partial charge is 0.264 e. The number of aromatic nitrogens is 3. The van der Waals surface area contributed by atoms with Gasteiger partial charge in [-0.05, 0) is 37.6 Å². The van der Waals surface area contributed by atoms with Crippen molar-refractivity contribution in [2.45, 2.75) is 33.4 Å². The summed E-state index contributed by atoms with van der Waals surface area (Å²) >= 11 is 5.94. The highest BCUT2D eigenvalue weighted by atomic mass is 35.5. The fraction of sp³-hybridized carbons (Fsp3) is 0.409. The van der Waals surface area contributed by atoms with Gasteiger partial charge in [-0.3, -0.25) is 9.69 Å². The molecule has 6 nitrogen and oxygen atoms in total. The third-order valence-electron chi connectivity index (χ3n) is 5.60. The molecule has 1 aliphatic heterocycles. The maximum atomic E-state index is 13.5. The quantitative estimate of drug-likeness (QED) is 0.593. The highest BCUT2D eigenvalue weighted by Crippen LogP contribution is 2.30. The Hall–Kier alpha value is -2.58. The lowest BCUT2D eigenvalue weighted by molar-refractivity contribution is -0.133. The summed E-state index contributed by atoms with van der Waals surface area (Å²) in [5.41, 5.74) is 2.36. The van der Waals surface area contributed by atoms with Gasteiger partial charge in [0.05, 0.1) is 11.1 Å². The summed E-state index contributed by atoms with van der Waals surface area (Å²) in [6.07, 6.45) is -2.62. The molecule has 0 bridgehead atoms. The van der Waals surface area contributed by atoms with Gasteiger partial charge >= 0.3 is 0 Å². The number of rotatable bonds is 5. The van der Waals surface area contributed by atoms with Crippen LogP contribution in [0.3, 0.4) is 0 Å². The van der Waals surface area contributed by atoms with Gasteiger partial charge in [0.25, 0.3) is 6.43 Å². The fourth-order valence-electron chi connectivity index (χ4n) is 4.03. The maximum absolute atomic E-state index is 13.5. The van der Waals surface area contributed by atoms with Gasteiger partial charge in [-0.1, -0.05) is 23.7 Å². The van der Waals surface area contributed by atoms with E-state index >= 15 is 0 Å². The number of amides is 1. The SMILES string of the molecule is Cc1cc(C(F)F)c2c(C)nn(CC(=O)N3CCN(Cc4ccc(Cl)cc4)CC3)c2n1. The monoisotopic (exact) mass is 447 g/mol. The number of alkyl halides is 2. The van der Waals surface area contributed by atoms with E-state index in [0.29, 0.717) is 40.5 Å². The van der Waals surface area contributed by atoms with Crippen LogP contribution in [0.15, 0.2) is 30.3 Å². The Morgan fingerprint density at radius 2 is 1.81 bits per heavy atom. The van der Waals surface area contributed by atoms with E-state index in [1.54, 1.807) is 18.7 Å². The van der Waals surface area contributed by atoms with Gasteiger partial charge in [-0.2, -0.15) is 5.10 Å². The van der Waals surface area contributed by atoms with E-state index in [4.69, 9.17) is 11.6 Å². The number of piperazine rings is 1. The first kappa shape index (κ1) is 21.6. The van der Waals surface area contributed by atoms with Crippen molar-refractivity contribution in [1.82, 2.24) is 24.6 Å². The lowest BCUT2D eigenvalue weighted by atomic mass is 10.1. The van der Waals surface area contributed by atoms with Crippen LogP contribution in [0.25, 0.3) is 11.0 Å². The average Bonchev–Trinajstić information content (AvgIpc) is 3.04. The van der Waals surface area contributed by atoms with Crippen LogP contribution in [0.5, 0.6) is 0 Å². The predicted molar refractivity (Wildman–Crippen MR) is 115 cm³/mol. The van der Waals surface area contributed by atoms with Crippen molar-refractivity contribution in [1.29, 1.82) is 0 Å². The molecule has 2 aromatic heterocycles. The number of halogens is 3. The number of carbonyl (C=O) groups is 1. The Balaban J connectivity index is 1.42. The second kappa shape index (κ2) is 8.88. The van der Waals surface area contributed by atoms with E-state index < -0.39 is 6.43 Å². The molecule has 0 N–H and O–H groups in total.